The Kier molecular flexibility index (Phi) is 6.65. The van der Waals surface area contributed by atoms with E-state index < -0.39 is 0 Å². The van der Waals surface area contributed by atoms with Gasteiger partial charge in [-0.25, -0.2) is 0 Å². The van der Waals surface area contributed by atoms with Crippen LogP contribution in [-0.4, -0.2) is 44.6 Å². The Morgan fingerprint density at radius 3 is 2.68 bits per heavy atom. The van der Waals surface area contributed by atoms with Crippen molar-refractivity contribution in [1.29, 1.82) is 0 Å². The molecule has 0 saturated heterocycles. The highest BCUT2D eigenvalue weighted by Crippen LogP contribution is 2.28. The van der Waals surface area contributed by atoms with Gasteiger partial charge in [0.2, 0.25) is 5.91 Å². The summed E-state index contributed by atoms with van der Waals surface area (Å²) in [6.07, 6.45) is 4.35. The fourth-order valence-electron chi connectivity index (χ4n) is 2.56. The molecule has 1 amide bonds. The minimum atomic E-state index is -0.0217. The van der Waals surface area contributed by atoms with E-state index in [1.165, 1.54) is 11.8 Å². The summed E-state index contributed by atoms with van der Waals surface area (Å²) < 4.78 is 7.18. The lowest BCUT2D eigenvalue weighted by Gasteiger charge is -2.12. The van der Waals surface area contributed by atoms with Crippen LogP contribution in [0.4, 0.5) is 0 Å². The van der Waals surface area contributed by atoms with E-state index in [-0.39, 0.29) is 17.7 Å². The molecule has 3 aromatic rings. The van der Waals surface area contributed by atoms with Gasteiger partial charge in [-0.05, 0) is 49.7 Å². The predicted octanol–water partition coefficient (Wildman–Crippen LogP) is 3.34. The number of benzene rings is 1. The quantitative estimate of drug-likeness (QED) is 0.587. The molecule has 8 heteroatoms. The molecule has 1 aromatic carbocycles. The molecular weight excluding hydrogens is 374 g/mol. The van der Waals surface area contributed by atoms with E-state index in [1.807, 2.05) is 54.8 Å². The van der Waals surface area contributed by atoms with Gasteiger partial charge in [-0.1, -0.05) is 18.7 Å². The third-order valence-corrected chi connectivity index (χ3v) is 5.16. The highest BCUT2D eigenvalue weighted by Gasteiger charge is 2.18. The van der Waals surface area contributed by atoms with Gasteiger partial charge >= 0.3 is 0 Å². The van der Waals surface area contributed by atoms with Crippen LogP contribution in [0.5, 0.6) is 5.75 Å². The standard InChI is InChI=1S/C20H23N5O2S/c1-4-14(2)22-18(26)13-28-20-24-23-19(15-6-5-11-21-12-15)25(20)16-7-9-17(27-3)10-8-16/h5-12,14H,4,13H2,1-3H3,(H,22,26)/t14-/m0/s1. The minimum Gasteiger partial charge on any atom is -0.497 e. The molecule has 0 aliphatic carbocycles. The Morgan fingerprint density at radius 2 is 2.04 bits per heavy atom. The molecule has 146 valence electrons. The Balaban J connectivity index is 1.91. The molecular formula is C20H23N5O2S. The van der Waals surface area contributed by atoms with Crippen molar-refractivity contribution in [3.8, 4) is 22.8 Å². The second kappa shape index (κ2) is 9.36. The number of hydrogen-bond donors (Lipinski definition) is 1. The van der Waals surface area contributed by atoms with Gasteiger partial charge in [-0.2, -0.15) is 0 Å². The average Bonchev–Trinajstić information content (AvgIpc) is 3.16. The number of nitrogens with one attached hydrogen (secondary N) is 1. The molecule has 0 fully saturated rings. The number of nitrogens with zero attached hydrogens (tertiary/aromatic N) is 4. The topological polar surface area (TPSA) is 81.9 Å². The number of hydrogen-bond acceptors (Lipinski definition) is 6. The van der Waals surface area contributed by atoms with Crippen LogP contribution in [0.2, 0.25) is 0 Å². The van der Waals surface area contributed by atoms with Crippen molar-refractivity contribution in [3.05, 3.63) is 48.8 Å². The zero-order chi connectivity index (χ0) is 19.9. The molecule has 0 aliphatic heterocycles. The summed E-state index contributed by atoms with van der Waals surface area (Å²) in [5, 5.41) is 12.3. The maximum Gasteiger partial charge on any atom is 0.230 e. The van der Waals surface area contributed by atoms with Gasteiger partial charge < -0.3 is 10.1 Å². The number of ether oxygens (including phenoxy) is 1. The van der Waals surface area contributed by atoms with Gasteiger partial charge in [-0.3, -0.25) is 14.3 Å². The Bertz CT molecular complexity index is 912. The van der Waals surface area contributed by atoms with Gasteiger partial charge in [0, 0.05) is 29.7 Å². The van der Waals surface area contributed by atoms with E-state index in [4.69, 9.17) is 4.74 Å². The van der Waals surface area contributed by atoms with Crippen LogP contribution in [-0.2, 0) is 4.79 Å². The van der Waals surface area contributed by atoms with Crippen molar-refractivity contribution < 1.29 is 9.53 Å². The number of amides is 1. The summed E-state index contributed by atoms with van der Waals surface area (Å²) in [6.45, 7) is 4.03. The maximum absolute atomic E-state index is 12.2. The van der Waals surface area contributed by atoms with Crippen LogP contribution >= 0.6 is 11.8 Å². The first-order chi connectivity index (χ1) is 13.6. The molecule has 3 rings (SSSR count). The number of carbonyl (C=O) groups excluding carboxylic acids is 1. The SMILES string of the molecule is CC[C@H](C)NC(=O)CSc1nnc(-c2cccnc2)n1-c1ccc(OC)cc1. The van der Waals surface area contributed by atoms with Gasteiger partial charge in [0.25, 0.3) is 0 Å². The van der Waals surface area contributed by atoms with Gasteiger partial charge in [-0.15, -0.1) is 10.2 Å². The number of carbonyl (C=O) groups is 1. The number of aromatic nitrogens is 4. The van der Waals surface area contributed by atoms with E-state index in [2.05, 4.69) is 20.5 Å². The number of methoxy groups -OCH3 is 1. The summed E-state index contributed by atoms with van der Waals surface area (Å²) in [4.78, 5) is 16.4. The van der Waals surface area contributed by atoms with Crippen molar-refractivity contribution in [3.63, 3.8) is 0 Å². The van der Waals surface area contributed by atoms with Crippen molar-refractivity contribution >= 4 is 17.7 Å². The van der Waals surface area contributed by atoms with Gasteiger partial charge in [0.15, 0.2) is 11.0 Å². The van der Waals surface area contributed by atoms with E-state index in [0.717, 1.165) is 23.4 Å². The van der Waals surface area contributed by atoms with Gasteiger partial charge in [0.05, 0.1) is 12.9 Å². The van der Waals surface area contributed by atoms with E-state index in [0.29, 0.717) is 11.0 Å². The highest BCUT2D eigenvalue weighted by molar-refractivity contribution is 7.99. The van der Waals surface area contributed by atoms with Crippen LogP contribution in [0.1, 0.15) is 20.3 Å². The monoisotopic (exact) mass is 397 g/mol. The largest absolute Gasteiger partial charge is 0.497 e. The maximum atomic E-state index is 12.2. The molecule has 0 spiro atoms. The molecule has 0 saturated carbocycles. The third-order valence-electron chi connectivity index (χ3n) is 4.24. The molecule has 0 unspecified atom stereocenters. The first-order valence-corrected chi connectivity index (χ1v) is 10.0. The van der Waals surface area contributed by atoms with Gasteiger partial charge in [0.1, 0.15) is 5.75 Å². The predicted molar refractivity (Wildman–Crippen MR) is 110 cm³/mol. The van der Waals surface area contributed by atoms with Crippen molar-refractivity contribution in [2.45, 2.75) is 31.5 Å². The second-order valence-corrected chi connectivity index (χ2v) is 7.19. The lowest BCUT2D eigenvalue weighted by Crippen LogP contribution is -2.33. The first-order valence-electron chi connectivity index (χ1n) is 9.04. The molecule has 0 radical (unpaired) electrons. The van der Waals surface area contributed by atoms with Crippen LogP contribution in [0, 0.1) is 0 Å². The molecule has 7 nitrogen and oxygen atoms in total. The number of pyridine rings is 1. The smallest absolute Gasteiger partial charge is 0.230 e. The molecule has 28 heavy (non-hydrogen) atoms. The Hall–Kier alpha value is -2.87. The van der Waals surface area contributed by atoms with Crippen molar-refractivity contribution in [2.75, 3.05) is 12.9 Å². The summed E-state index contributed by atoms with van der Waals surface area (Å²) in [7, 11) is 1.63. The zero-order valence-corrected chi connectivity index (χ0v) is 16.9. The van der Waals surface area contributed by atoms with E-state index >= 15 is 0 Å². The fraction of sp³-hybridized carbons (Fsp3) is 0.300. The molecule has 1 atom stereocenters. The molecule has 0 aliphatic rings. The summed E-state index contributed by atoms with van der Waals surface area (Å²) in [5.41, 5.74) is 1.73. The third kappa shape index (κ3) is 4.69. The molecule has 0 bridgehead atoms. The van der Waals surface area contributed by atoms with Crippen LogP contribution in [0.25, 0.3) is 17.1 Å². The van der Waals surface area contributed by atoms with Crippen LogP contribution in [0.15, 0.2) is 53.9 Å². The summed E-state index contributed by atoms with van der Waals surface area (Å²) >= 11 is 1.35. The van der Waals surface area contributed by atoms with Crippen molar-refractivity contribution in [2.24, 2.45) is 0 Å². The average molecular weight is 398 g/mol. The zero-order valence-electron chi connectivity index (χ0n) is 16.1. The minimum absolute atomic E-state index is 0.0217. The van der Waals surface area contributed by atoms with Crippen LogP contribution < -0.4 is 10.1 Å². The van der Waals surface area contributed by atoms with Crippen LogP contribution in [0.3, 0.4) is 0 Å². The Labute approximate surface area is 168 Å². The fourth-order valence-corrected chi connectivity index (χ4v) is 3.32. The normalized spacial score (nSPS) is 11.8. The second-order valence-electron chi connectivity index (χ2n) is 6.25. The highest BCUT2D eigenvalue weighted by atomic mass is 32.2. The molecule has 2 heterocycles. The first kappa shape index (κ1) is 19.9. The summed E-state index contributed by atoms with van der Waals surface area (Å²) in [6, 6.07) is 11.6. The summed E-state index contributed by atoms with van der Waals surface area (Å²) in [5.74, 6) is 1.68. The molecule has 2 aromatic heterocycles. The van der Waals surface area contributed by atoms with Crippen molar-refractivity contribution in [1.82, 2.24) is 25.1 Å². The van der Waals surface area contributed by atoms with E-state index in [9.17, 15) is 4.79 Å². The Morgan fingerprint density at radius 1 is 1.25 bits per heavy atom. The van der Waals surface area contributed by atoms with E-state index in [1.54, 1.807) is 19.5 Å². The lowest BCUT2D eigenvalue weighted by molar-refractivity contribution is -0.119. The molecule has 1 N–H and O–H groups in total. The number of thioether (sulfide) groups is 1. The number of rotatable bonds is 8. The lowest BCUT2D eigenvalue weighted by atomic mass is 10.2.